The number of benzene rings is 3. The van der Waals surface area contributed by atoms with Crippen LogP contribution in [-0.2, 0) is 26.2 Å². The molecule has 0 bridgehead atoms. The van der Waals surface area contributed by atoms with E-state index in [-0.39, 0.29) is 34.8 Å². The molecule has 2 unspecified atom stereocenters. The van der Waals surface area contributed by atoms with Crippen molar-refractivity contribution in [2.24, 2.45) is 0 Å². The summed E-state index contributed by atoms with van der Waals surface area (Å²) in [6.07, 6.45) is 1.06. The van der Waals surface area contributed by atoms with Gasteiger partial charge >= 0.3 is 0 Å². The van der Waals surface area contributed by atoms with Gasteiger partial charge in [0.15, 0.2) is 11.5 Å². The number of hydrogen-bond acceptors (Lipinski definition) is 6. The number of anilines is 1. The second-order valence-corrected chi connectivity index (χ2v) is 12.1. The number of hydrogen-bond donors (Lipinski definition) is 1. The Labute approximate surface area is 253 Å². The monoisotopic (exact) mass is 615 g/mol. The van der Waals surface area contributed by atoms with Crippen LogP contribution in [0, 0.1) is 0 Å². The van der Waals surface area contributed by atoms with Crippen LogP contribution < -0.4 is 19.1 Å². The normalized spacial score (nSPS) is 12.6. The van der Waals surface area contributed by atoms with Crippen molar-refractivity contribution in [3.8, 4) is 11.5 Å². The first-order valence-electron chi connectivity index (χ1n) is 13.7. The number of methoxy groups -OCH3 is 2. The van der Waals surface area contributed by atoms with E-state index in [0.717, 1.165) is 16.3 Å². The third-order valence-electron chi connectivity index (χ3n) is 6.92. The number of halogens is 1. The van der Waals surface area contributed by atoms with Gasteiger partial charge in [-0.25, -0.2) is 8.42 Å². The van der Waals surface area contributed by atoms with Gasteiger partial charge in [-0.2, -0.15) is 0 Å². The Balaban J connectivity index is 2.08. The lowest BCUT2D eigenvalue weighted by atomic mass is 10.1. The molecule has 0 saturated carbocycles. The Bertz CT molecular complexity index is 1450. The molecule has 0 aliphatic heterocycles. The SMILES string of the molecule is CCC(C)NC(=O)C(CC)N(Cc1ccccc1)C(=O)CN(c1ccc(Cl)cc1)S(=O)(=O)c1ccc(OC)c(OC)c1. The average molecular weight is 616 g/mol. The molecule has 1 N–H and O–H groups in total. The van der Waals surface area contributed by atoms with E-state index in [1.807, 2.05) is 51.1 Å². The minimum atomic E-state index is -4.29. The van der Waals surface area contributed by atoms with Crippen LogP contribution in [0.15, 0.2) is 77.7 Å². The van der Waals surface area contributed by atoms with Gasteiger partial charge in [-0.1, -0.05) is 55.8 Å². The van der Waals surface area contributed by atoms with Gasteiger partial charge in [-0.05, 0) is 61.7 Å². The van der Waals surface area contributed by atoms with Gasteiger partial charge in [-0.15, -0.1) is 0 Å². The molecule has 3 aromatic carbocycles. The maximum Gasteiger partial charge on any atom is 0.264 e. The Morgan fingerprint density at radius 2 is 1.55 bits per heavy atom. The summed E-state index contributed by atoms with van der Waals surface area (Å²) in [5, 5.41) is 3.38. The van der Waals surface area contributed by atoms with Gasteiger partial charge in [0.25, 0.3) is 10.0 Å². The van der Waals surface area contributed by atoms with Crippen molar-refractivity contribution in [3.63, 3.8) is 0 Å². The Kier molecular flexibility index (Phi) is 11.6. The van der Waals surface area contributed by atoms with Crippen molar-refractivity contribution < 1.29 is 27.5 Å². The molecule has 9 nitrogen and oxygen atoms in total. The van der Waals surface area contributed by atoms with Crippen LogP contribution in [0.4, 0.5) is 5.69 Å². The highest BCUT2D eigenvalue weighted by Gasteiger charge is 2.34. The second-order valence-electron chi connectivity index (χ2n) is 9.75. The quantitative estimate of drug-likeness (QED) is 0.265. The van der Waals surface area contributed by atoms with Crippen LogP contribution in [0.5, 0.6) is 11.5 Å². The van der Waals surface area contributed by atoms with Crippen LogP contribution in [0.1, 0.15) is 39.2 Å². The fourth-order valence-corrected chi connectivity index (χ4v) is 5.94. The number of sulfonamides is 1. The molecule has 11 heteroatoms. The topological polar surface area (TPSA) is 105 Å². The van der Waals surface area contributed by atoms with Gasteiger partial charge in [0, 0.05) is 23.7 Å². The maximum atomic E-state index is 14.1. The molecule has 2 amide bonds. The number of carbonyl (C=O) groups is 2. The molecule has 226 valence electrons. The molecule has 3 aromatic rings. The lowest BCUT2D eigenvalue weighted by Gasteiger charge is -2.33. The van der Waals surface area contributed by atoms with Crippen LogP contribution in [0.2, 0.25) is 5.02 Å². The number of ether oxygens (including phenoxy) is 2. The molecule has 2 atom stereocenters. The second kappa shape index (κ2) is 14.9. The van der Waals surface area contributed by atoms with Gasteiger partial charge in [0.05, 0.1) is 24.8 Å². The predicted molar refractivity (Wildman–Crippen MR) is 164 cm³/mol. The highest BCUT2D eigenvalue weighted by atomic mass is 35.5. The predicted octanol–water partition coefficient (Wildman–Crippen LogP) is 5.27. The smallest absolute Gasteiger partial charge is 0.264 e. The molecule has 0 heterocycles. The summed E-state index contributed by atoms with van der Waals surface area (Å²) in [4.78, 5) is 28.8. The fourth-order valence-electron chi connectivity index (χ4n) is 4.38. The van der Waals surface area contributed by atoms with Crippen molar-refractivity contribution in [2.45, 2.75) is 57.1 Å². The minimum absolute atomic E-state index is 0.0868. The largest absolute Gasteiger partial charge is 0.493 e. The van der Waals surface area contributed by atoms with Gasteiger partial charge in [-0.3, -0.25) is 13.9 Å². The van der Waals surface area contributed by atoms with Crippen molar-refractivity contribution in [1.29, 1.82) is 0 Å². The molecular formula is C31H38ClN3O6S. The van der Waals surface area contributed by atoms with Gasteiger partial charge in [0.1, 0.15) is 12.6 Å². The van der Waals surface area contributed by atoms with Crippen molar-refractivity contribution >= 4 is 39.1 Å². The van der Waals surface area contributed by atoms with E-state index in [2.05, 4.69) is 5.32 Å². The summed E-state index contributed by atoms with van der Waals surface area (Å²) >= 11 is 6.10. The first kappa shape index (κ1) is 32.8. The zero-order chi connectivity index (χ0) is 30.9. The molecule has 42 heavy (non-hydrogen) atoms. The molecule has 0 aliphatic rings. The summed E-state index contributed by atoms with van der Waals surface area (Å²) in [5.41, 5.74) is 1.04. The number of nitrogens with zero attached hydrogens (tertiary/aromatic N) is 2. The summed E-state index contributed by atoms with van der Waals surface area (Å²) in [5.74, 6) is -0.252. The summed E-state index contributed by atoms with van der Waals surface area (Å²) < 4.78 is 39.8. The van der Waals surface area contributed by atoms with E-state index in [1.54, 1.807) is 12.1 Å². The van der Waals surface area contributed by atoms with Crippen molar-refractivity contribution in [2.75, 3.05) is 25.1 Å². The van der Waals surface area contributed by atoms with Crippen LogP contribution in [0.25, 0.3) is 0 Å². The molecule has 0 aliphatic carbocycles. The summed E-state index contributed by atoms with van der Waals surface area (Å²) in [6.45, 7) is 5.24. The fraction of sp³-hybridized carbons (Fsp3) is 0.355. The van der Waals surface area contributed by atoms with E-state index in [4.69, 9.17) is 21.1 Å². The molecule has 0 aromatic heterocycles. The molecule has 0 spiro atoms. The number of carbonyl (C=O) groups excluding carboxylic acids is 2. The van der Waals surface area contributed by atoms with Crippen LogP contribution in [-0.4, -0.2) is 58.0 Å². The van der Waals surface area contributed by atoms with Gasteiger partial charge in [0.2, 0.25) is 11.8 Å². The average Bonchev–Trinajstić information content (AvgIpc) is 3.00. The minimum Gasteiger partial charge on any atom is -0.493 e. The standard InChI is InChI=1S/C31H38ClN3O6S/c1-6-22(3)33-31(37)27(7-2)34(20-23-11-9-8-10-12-23)30(36)21-35(25-15-13-24(32)14-16-25)42(38,39)26-17-18-28(40-4)29(19-26)41-5/h8-19,22,27H,6-7,20-21H2,1-5H3,(H,33,37). The third-order valence-corrected chi connectivity index (χ3v) is 8.94. The highest BCUT2D eigenvalue weighted by molar-refractivity contribution is 7.92. The number of nitrogens with one attached hydrogen (secondary N) is 1. The lowest BCUT2D eigenvalue weighted by molar-refractivity contribution is -0.140. The first-order valence-corrected chi connectivity index (χ1v) is 15.5. The van der Waals surface area contributed by atoms with E-state index >= 15 is 0 Å². The maximum absolute atomic E-state index is 14.1. The van der Waals surface area contributed by atoms with E-state index in [1.165, 1.54) is 49.5 Å². The summed E-state index contributed by atoms with van der Waals surface area (Å²) in [7, 11) is -1.43. The zero-order valence-electron chi connectivity index (χ0n) is 24.5. The molecular weight excluding hydrogens is 578 g/mol. The van der Waals surface area contributed by atoms with Crippen LogP contribution in [0.3, 0.4) is 0 Å². The Morgan fingerprint density at radius 3 is 2.12 bits per heavy atom. The number of rotatable bonds is 14. The summed E-state index contributed by atoms with van der Waals surface area (Å²) in [6, 6.07) is 18.8. The highest BCUT2D eigenvalue weighted by Crippen LogP contribution is 2.32. The molecule has 3 rings (SSSR count). The Morgan fingerprint density at radius 1 is 0.905 bits per heavy atom. The van der Waals surface area contributed by atoms with E-state index < -0.39 is 28.5 Å². The first-order chi connectivity index (χ1) is 20.0. The van der Waals surface area contributed by atoms with E-state index in [9.17, 15) is 18.0 Å². The molecule has 0 fully saturated rings. The third kappa shape index (κ3) is 7.95. The molecule has 0 saturated heterocycles. The van der Waals surface area contributed by atoms with Crippen molar-refractivity contribution in [3.05, 3.63) is 83.4 Å². The van der Waals surface area contributed by atoms with Crippen LogP contribution >= 0.6 is 11.6 Å². The van der Waals surface area contributed by atoms with Crippen molar-refractivity contribution in [1.82, 2.24) is 10.2 Å². The zero-order valence-corrected chi connectivity index (χ0v) is 26.1. The Hall–Kier alpha value is -3.76. The van der Waals surface area contributed by atoms with E-state index in [0.29, 0.717) is 17.2 Å². The molecule has 0 radical (unpaired) electrons. The lowest BCUT2D eigenvalue weighted by Crippen LogP contribution is -2.53. The number of amides is 2. The van der Waals surface area contributed by atoms with Gasteiger partial charge < -0.3 is 19.7 Å².